The Morgan fingerprint density at radius 1 is 0.864 bits per heavy atom. The van der Waals surface area contributed by atoms with Crippen LogP contribution in [0.1, 0.15) is 33.5 Å². The van der Waals surface area contributed by atoms with E-state index in [9.17, 15) is 17.8 Å². The molecule has 2 aliphatic carbocycles. The Bertz CT molecular complexity index is 1880. The maximum absolute atomic E-state index is 12.6. The van der Waals surface area contributed by atoms with Crippen molar-refractivity contribution in [2.24, 2.45) is 11.3 Å². The zero-order chi connectivity index (χ0) is 30.4. The second-order valence-corrected chi connectivity index (χ2v) is 12.9. The molecule has 0 bridgehead atoms. The molecule has 4 aromatic carbocycles. The lowest BCUT2D eigenvalue weighted by molar-refractivity contribution is 0.103. The fourth-order valence-corrected chi connectivity index (χ4v) is 6.83. The fraction of sp³-hybridized carbons (Fsp3) is 0.194. The van der Waals surface area contributed by atoms with Crippen molar-refractivity contribution in [1.29, 1.82) is 0 Å². The van der Waals surface area contributed by atoms with Crippen LogP contribution in [0.2, 0.25) is 0 Å². The second-order valence-electron chi connectivity index (χ2n) is 11.5. The first-order valence-electron chi connectivity index (χ1n) is 14.4. The van der Waals surface area contributed by atoms with E-state index in [4.69, 9.17) is 14.2 Å². The quantitative estimate of drug-likeness (QED) is 0.117. The van der Waals surface area contributed by atoms with Crippen molar-refractivity contribution in [2.75, 3.05) is 13.2 Å². The highest BCUT2D eigenvalue weighted by Crippen LogP contribution is 2.72. The third kappa shape index (κ3) is 5.26. The molecule has 7 nitrogen and oxygen atoms in total. The van der Waals surface area contributed by atoms with Crippen LogP contribution in [0.4, 0.5) is 0 Å². The van der Waals surface area contributed by atoms with E-state index in [1.165, 1.54) is 17.7 Å². The summed E-state index contributed by atoms with van der Waals surface area (Å²) in [6.07, 6.45) is 7.40. The van der Waals surface area contributed by atoms with E-state index in [-0.39, 0.29) is 46.4 Å². The van der Waals surface area contributed by atoms with Crippen LogP contribution in [0.5, 0.6) is 11.5 Å². The minimum Gasteiger partial charge on any atom is -0.489 e. The molecule has 1 N–H and O–H groups in total. The molecule has 0 amide bonds. The molecule has 0 spiro atoms. The number of ether oxygens (including phenoxy) is 3. The van der Waals surface area contributed by atoms with Crippen LogP contribution < -0.4 is 9.47 Å². The van der Waals surface area contributed by atoms with Gasteiger partial charge in [-0.25, -0.2) is 0 Å². The third-order valence-electron chi connectivity index (χ3n) is 8.74. The third-order valence-corrected chi connectivity index (χ3v) is 9.61. The molecule has 8 heteroatoms. The summed E-state index contributed by atoms with van der Waals surface area (Å²) in [6.45, 7) is 0.988. The van der Waals surface area contributed by atoms with Crippen LogP contribution in [-0.4, -0.2) is 32.0 Å². The van der Waals surface area contributed by atoms with Crippen LogP contribution in [0.15, 0.2) is 132 Å². The van der Waals surface area contributed by atoms with Gasteiger partial charge in [0, 0.05) is 22.6 Å². The Morgan fingerprint density at radius 3 is 2.20 bits per heavy atom. The van der Waals surface area contributed by atoms with Gasteiger partial charge >= 0.3 is 0 Å². The van der Waals surface area contributed by atoms with Crippen LogP contribution >= 0.6 is 0 Å². The Morgan fingerprint density at radius 2 is 1.55 bits per heavy atom. The molecule has 2 fully saturated rings. The standard InChI is InChI=1S/C36H30O7S/c37-34(27-7-3-1-4-8-27)28-13-11-25(12-14-28)22-41-31-15-16-32(33(20-31)44(38,39)40)42-23-26-17-18-35(21-30(35)19-26)36(24-43-36)29-9-5-2-6-10-29/h1-20,30H,21-24H2,(H,38,39,40). The summed E-state index contributed by atoms with van der Waals surface area (Å²) in [4.78, 5) is 12.3. The van der Waals surface area contributed by atoms with Crippen LogP contribution in [-0.2, 0) is 27.1 Å². The number of hydrogen-bond donors (Lipinski definition) is 1. The lowest BCUT2D eigenvalue weighted by Crippen LogP contribution is -2.25. The zero-order valence-corrected chi connectivity index (χ0v) is 24.6. The van der Waals surface area contributed by atoms with Gasteiger partial charge in [0.2, 0.25) is 0 Å². The highest BCUT2D eigenvalue weighted by atomic mass is 32.2. The summed E-state index contributed by atoms with van der Waals surface area (Å²) in [5, 5.41) is 0. The summed E-state index contributed by atoms with van der Waals surface area (Å²) < 4.78 is 52.2. The second kappa shape index (κ2) is 10.9. The van der Waals surface area contributed by atoms with Crippen LogP contribution in [0.3, 0.4) is 0 Å². The van der Waals surface area contributed by atoms with E-state index in [1.807, 2.05) is 42.5 Å². The van der Waals surface area contributed by atoms with Gasteiger partial charge in [-0.2, -0.15) is 8.42 Å². The minimum absolute atomic E-state index is 0.0387. The molecular weight excluding hydrogens is 576 g/mol. The van der Waals surface area contributed by atoms with Crippen molar-refractivity contribution in [2.45, 2.75) is 23.5 Å². The Kier molecular flexibility index (Phi) is 7.00. The molecule has 1 saturated heterocycles. The Labute approximate surface area is 256 Å². The molecule has 0 aromatic heterocycles. The van der Waals surface area contributed by atoms with E-state index < -0.39 is 10.1 Å². The molecular formula is C36H30O7S. The lowest BCUT2D eigenvalue weighted by Gasteiger charge is -2.25. The van der Waals surface area contributed by atoms with Gasteiger partial charge in [-0.15, -0.1) is 0 Å². The molecule has 3 aliphatic rings. The smallest absolute Gasteiger partial charge is 0.298 e. The number of benzene rings is 4. The summed E-state index contributed by atoms with van der Waals surface area (Å²) in [7, 11) is -4.58. The monoisotopic (exact) mass is 606 g/mol. The van der Waals surface area contributed by atoms with Crippen molar-refractivity contribution in [3.63, 3.8) is 0 Å². The molecule has 3 unspecified atom stereocenters. The van der Waals surface area contributed by atoms with E-state index in [2.05, 4.69) is 24.3 Å². The topological polar surface area (TPSA) is 102 Å². The van der Waals surface area contributed by atoms with E-state index in [0.717, 1.165) is 17.6 Å². The number of allylic oxidation sites excluding steroid dienone is 1. The maximum Gasteiger partial charge on any atom is 0.298 e. The number of epoxide rings is 1. The van der Waals surface area contributed by atoms with E-state index in [0.29, 0.717) is 23.7 Å². The molecule has 1 aliphatic heterocycles. The molecule has 1 heterocycles. The molecule has 1 saturated carbocycles. The number of carbonyl (C=O) groups is 1. The first-order chi connectivity index (χ1) is 21.3. The first kappa shape index (κ1) is 28.3. The summed E-state index contributed by atoms with van der Waals surface area (Å²) in [5.74, 6) is 0.535. The van der Waals surface area contributed by atoms with Crippen molar-refractivity contribution < 1.29 is 32.0 Å². The predicted molar refractivity (Wildman–Crippen MR) is 164 cm³/mol. The highest BCUT2D eigenvalue weighted by molar-refractivity contribution is 7.86. The Hall–Kier alpha value is -4.50. The van der Waals surface area contributed by atoms with Gasteiger partial charge in [0.15, 0.2) is 5.78 Å². The molecule has 0 radical (unpaired) electrons. The number of ketones is 1. The lowest BCUT2D eigenvalue weighted by atomic mass is 9.79. The Balaban J connectivity index is 0.994. The fourth-order valence-electron chi connectivity index (χ4n) is 6.19. The van der Waals surface area contributed by atoms with Gasteiger partial charge in [-0.3, -0.25) is 9.35 Å². The molecule has 3 atom stereocenters. The largest absolute Gasteiger partial charge is 0.489 e. The normalized spacial score (nSPS) is 23.3. The van der Waals surface area contributed by atoms with Crippen molar-refractivity contribution in [1.82, 2.24) is 0 Å². The summed E-state index contributed by atoms with van der Waals surface area (Å²) in [6, 6.07) is 30.7. The summed E-state index contributed by atoms with van der Waals surface area (Å²) in [5.41, 5.74) is 3.74. The predicted octanol–water partition coefficient (Wildman–Crippen LogP) is 6.55. The van der Waals surface area contributed by atoms with Gasteiger partial charge in [0.1, 0.15) is 35.2 Å². The molecule has 4 aromatic rings. The van der Waals surface area contributed by atoms with Crippen molar-refractivity contribution in [3.8, 4) is 11.5 Å². The summed E-state index contributed by atoms with van der Waals surface area (Å²) >= 11 is 0. The van der Waals surface area contributed by atoms with Gasteiger partial charge in [-0.1, -0.05) is 103 Å². The number of fused-ring (bicyclic) bond motifs is 1. The molecule has 222 valence electrons. The van der Waals surface area contributed by atoms with Gasteiger partial charge in [0.25, 0.3) is 10.1 Å². The molecule has 44 heavy (non-hydrogen) atoms. The zero-order valence-electron chi connectivity index (χ0n) is 23.8. The highest BCUT2D eigenvalue weighted by Gasteiger charge is 2.72. The number of rotatable bonds is 11. The SMILES string of the molecule is O=C(c1ccccc1)c1ccc(COc2ccc(OCC3=CC4CC4(C4(c5ccccc5)CO4)C=C3)c(S(=O)(=O)O)c2)cc1. The van der Waals surface area contributed by atoms with Gasteiger partial charge in [-0.05, 0) is 41.2 Å². The first-order valence-corrected chi connectivity index (χ1v) is 15.9. The van der Waals surface area contributed by atoms with Crippen molar-refractivity contribution in [3.05, 3.63) is 149 Å². The minimum atomic E-state index is -4.58. The van der Waals surface area contributed by atoms with Gasteiger partial charge < -0.3 is 14.2 Å². The maximum atomic E-state index is 12.6. The van der Waals surface area contributed by atoms with Crippen LogP contribution in [0.25, 0.3) is 0 Å². The van der Waals surface area contributed by atoms with Gasteiger partial charge in [0.05, 0.1) is 6.61 Å². The van der Waals surface area contributed by atoms with Crippen molar-refractivity contribution >= 4 is 15.9 Å². The number of hydrogen-bond acceptors (Lipinski definition) is 6. The average molecular weight is 607 g/mol. The average Bonchev–Trinajstić information content (AvgIpc) is 3.98. The molecule has 7 rings (SSSR count). The van der Waals surface area contributed by atoms with E-state index in [1.54, 1.807) is 42.5 Å². The van der Waals surface area contributed by atoms with Crippen LogP contribution in [0, 0.1) is 11.3 Å². The number of carbonyl (C=O) groups excluding carboxylic acids is 1. The van der Waals surface area contributed by atoms with E-state index >= 15 is 0 Å².